The molecule has 0 unspecified atom stereocenters. The first-order valence-corrected chi connectivity index (χ1v) is 18.0. The van der Waals surface area contributed by atoms with Crippen molar-refractivity contribution in [3.8, 4) is 56.6 Å². The van der Waals surface area contributed by atoms with Gasteiger partial charge >= 0.3 is 41.5 Å². The summed E-state index contributed by atoms with van der Waals surface area (Å²) in [6.45, 7) is 12.4. The third-order valence-corrected chi connectivity index (χ3v) is 9.54. The predicted octanol–water partition coefficient (Wildman–Crippen LogP) is 8.74. The summed E-state index contributed by atoms with van der Waals surface area (Å²) < 4.78 is 13.3. The van der Waals surface area contributed by atoms with Crippen molar-refractivity contribution in [3.05, 3.63) is 150 Å². The van der Waals surface area contributed by atoms with Crippen LogP contribution in [0.15, 0.2) is 104 Å². The minimum absolute atomic E-state index is 0. The average Bonchev–Trinajstić information content (AvgIpc) is 3.47. The minimum atomic E-state index is -0.332. The van der Waals surface area contributed by atoms with Gasteiger partial charge in [-0.05, 0) is 43.4 Å². The monoisotopic (exact) mass is 989 g/mol. The molecule has 0 bridgehead atoms. The van der Waals surface area contributed by atoms with Crippen molar-refractivity contribution < 1.29 is 51.0 Å². The smallest absolute Gasteiger partial charge is 0.503 e. The van der Waals surface area contributed by atoms with E-state index < -0.39 is 0 Å². The van der Waals surface area contributed by atoms with Gasteiger partial charge in [0.05, 0.1) is 5.72 Å². The Bertz CT molecular complexity index is 2320. The maximum absolute atomic E-state index is 6.64. The number of nitrogens with zero attached hydrogens (tertiary/aromatic N) is 4. The van der Waals surface area contributed by atoms with E-state index in [2.05, 4.69) is 124 Å². The number of aryl methyl sites for hydroxylation is 2. The van der Waals surface area contributed by atoms with Gasteiger partial charge in [-0.3, -0.25) is 9.97 Å². The molecular weight excluding hydrogens is 953 g/mol. The van der Waals surface area contributed by atoms with Gasteiger partial charge in [0.15, 0.2) is 0 Å². The molecule has 4 heterocycles. The standard InChI is InChI=1S/C46H37BN4O2.Pd.Pt/c1-28(2)36-12-8-32(42-22-30(5)16-20-48-42)24-44(36)52-34-10-14-38-39-15-11-35(27-41(39)47(40(38)26-34)46-50-18-7-19-51-46)53-45-25-33(9-13-37(45)29(3)4)43-23-31(6)17-21-49-43;;/h7-23,28-29H,1-6H3;;/q-4;2*+2. The fourth-order valence-electron chi connectivity index (χ4n) is 6.82. The van der Waals surface area contributed by atoms with Crippen LogP contribution in [0.3, 0.4) is 0 Å². The Morgan fingerprint density at radius 3 is 1.42 bits per heavy atom. The fourth-order valence-corrected chi connectivity index (χ4v) is 6.82. The van der Waals surface area contributed by atoms with Crippen LogP contribution in [0.1, 0.15) is 61.8 Å². The van der Waals surface area contributed by atoms with E-state index in [9.17, 15) is 0 Å². The topological polar surface area (TPSA) is 70.0 Å². The second-order valence-corrected chi connectivity index (χ2v) is 14.1. The first kappa shape index (κ1) is 40.0. The molecule has 3 aromatic heterocycles. The van der Waals surface area contributed by atoms with Gasteiger partial charge in [0, 0.05) is 47.8 Å². The van der Waals surface area contributed by atoms with Crippen LogP contribution in [0.2, 0.25) is 0 Å². The molecular formula is C46H37BN4O2PdPt. The number of ether oxygens (including phenoxy) is 2. The van der Waals surface area contributed by atoms with Crippen LogP contribution < -0.4 is 26.1 Å². The van der Waals surface area contributed by atoms with Crippen molar-refractivity contribution in [2.75, 3.05) is 0 Å². The third-order valence-electron chi connectivity index (χ3n) is 9.54. The molecule has 0 aliphatic carbocycles. The normalized spacial score (nSPS) is 11.5. The van der Waals surface area contributed by atoms with E-state index in [-0.39, 0.29) is 60.0 Å². The number of pyridine rings is 2. The molecule has 7 aromatic rings. The maximum atomic E-state index is 6.64. The summed E-state index contributed by atoms with van der Waals surface area (Å²) >= 11 is 0. The molecule has 9 heteroatoms. The Morgan fingerprint density at radius 2 is 1.00 bits per heavy atom. The first-order chi connectivity index (χ1) is 25.7. The van der Waals surface area contributed by atoms with Gasteiger partial charge in [0.2, 0.25) is 6.71 Å². The molecule has 6 nitrogen and oxygen atoms in total. The van der Waals surface area contributed by atoms with Crippen LogP contribution in [0, 0.1) is 38.1 Å². The molecule has 0 atom stereocenters. The summed E-state index contributed by atoms with van der Waals surface area (Å²) in [4.78, 5) is 18.6. The van der Waals surface area contributed by atoms with Gasteiger partial charge in [0.1, 0.15) is 0 Å². The van der Waals surface area contributed by atoms with Gasteiger partial charge in [-0.2, -0.15) is 34.2 Å². The molecule has 0 amide bonds. The van der Waals surface area contributed by atoms with Crippen LogP contribution in [0.4, 0.5) is 0 Å². The van der Waals surface area contributed by atoms with Gasteiger partial charge in [-0.25, -0.2) is 0 Å². The van der Waals surface area contributed by atoms with Crippen LogP contribution in [-0.2, 0) is 41.5 Å². The average molecular weight is 990 g/mol. The van der Waals surface area contributed by atoms with E-state index in [4.69, 9.17) is 19.4 Å². The molecule has 0 N–H and O–H groups in total. The van der Waals surface area contributed by atoms with Crippen LogP contribution in [0.5, 0.6) is 23.0 Å². The second-order valence-electron chi connectivity index (χ2n) is 14.1. The van der Waals surface area contributed by atoms with Crippen molar-refractivity contribution >= 4 is 23.4 Å². The third kappa shape index (κ3) is 8.29. The van der Waals surface area contributed by atoms with Crippen molar-refractivity contribution in [2.45, 2.75) is 53.4 Å². The number of fused-ring (bicyclic) bond motifs is 3. The van der Waals surface area contributed by atoms with Crippen LogP contribution in [0.25, 0.3) is 33.6 Å². The Labute approximate surface area is 352 Å². The van der Waals surface area contributed by atoms with E-state index in [0.717, 1.165) is 66.8 Å². The fraction of sp³-hybridized carbons (Fsp3) is 0.174. The van der Waals surface area contributed by atoms with Crippen LogP contribution in [-0.4, -0.2) is 26.6 Å². The molecule has 4 aromatic carbocycles. The van der Waals surface area contributed by atoms with Gasteiger partial charge in [-0.15, -0.1) is 59.7 Å². The summed E-state index contributed by atoms with van der Waals surface area (Å²) in [5.74, 6) is 2.92. The molecule has 55 heavy (non-hydrogen) atoms. The van der Waals surface area contributed by atoms with E-state index in [1.807, 2.05) is 42.7 Å². The zero-order valence-electron chi connectivity index (χ0n) is 31.3. The molecule has 1 aliphatic heterocycles. The SMILES string of the molecule is Cc1ccnc(-c2[c-]c(Oc3[c-]c4c(cc3)-c3ccc(Oc5[c-]c(-c6cc(C)ccn6)ccc5C(C)C)[c-]c3B4c3ncccn3)c(C(C)C)cc2)c1.[Pd+2].[Pt+2]. The quantitative estimate of drug-likeness (QED) is 0.107. The molecule has 0 saturated carbocycles. The van der Waals surface area contributed by atoms with Crippen molar-refractivity contribution in [1.82, 2.24) is 19.9 Å². The zero-order chi connectivity index (χ0) is 36.6. The molecule has 1 aliphatic rings. The number of rotatable bonds is 9. The summed E-state index contributed by atoms with van der Waals surface area (Å²) in [6.07, 6.45) is 7.18. The number of aromatic nitrogens is 4. The summed E-state index contributed by atoms with van der Waals surface area (Å²) in [5, 5.41) is 0. The first-order valence-electron chi connectivity index (χ1n) is 18.0. The molecule has 0 spiro atoms. The second kappa shape index (κ2) is 17.0. The number of benzene rings is 4. The van der Waals surface area contributed by atoms with Crippen molar-refractivity contribution in [3.63, 3.8) is 0 Å². The summed E-state index contributed by atoms with van der Waals surface area (Å²) in [7, 11) is 0. The Morgan fingerprint density at radius 1 is 0.545 bits per heavy atom. The summed E-state index contributed by atoms with van der Waals surface area (Å²) in [5.41, 5.74) is 12.4. The van der Waals surface area contributed by atoms with E-state index in [0.29, 0.717) is 28.7 Å². The molecule has 0 radical (unpaired) electrons. The van der Waals surface area contributed by atoms with E-state index in [1.165, 1.54) is 0 Å². The van der Waals surface area contributed by atoms with E-state index >= 15 is 0 Å². The maximum Gasteiger partial charge on any atom is 2.00 e. The minimum Gasteiger partial charge on any atom is -0.503 e. The summed E-state index contributed by atoms with van der Waals surface area (Å²) in [6, 6.07) is 40.6. The van der Waals surface area contributed by atoms with Crippen molar-refractivity contribution in [2.24, 2.45) is 0 Å². The Hall–Kier alpha value is -4.72. The largest absolute Gasteiger partial charge is 2.00 e. The number of hydrogen-bond acceptors (Lipinski definition) is 6. The number of hydrogen-bond donors (Lipinski definition) is 0. The van der Waals surface area contributed by atoms with Crippen LogP contribution >= 0.6 is 0 Å². The van der Waals surface area contributed by atoms with Gasteiger partial charge in [0.25, 0.3) is 0 Å². The van der Waals surface area contributed by atoms with Gasteiger partial charge in [-0.1, -0.05) is 86.1 Å². The van der Waals surface area contributed by atoms with Crippen molar-refractivity contribution in [1.29, 1.82) is 0 Å². The molecule has 0 saturated heterocycles. The molecule has 8 rings (SSSR count). The molecule has 276 valence electrons. The van der Waals surface area contributed by atoms with E-state index in [1.54, 1.807) is 12.4 Å². The zero-order valence-corrected chi connectivity index (χ0v) is 35.1. The Balaban J connectivity index is 0.00000257. The Kier molecular flexibility index (Phi) is 12.3. The predicted molar refractivity (Wildman–Crippen MR) is 211 cm³/mol. The molecule has 0 fully saturated rings. The van der Waals surface area contributed by atoms with Gasteiger partial charge < -0.3 is 19.4 Å².